The lowest BCUT2D eigenvalue weighted by Crippen LogP contribution is -2.37. The number of benzene rings is 2. The fourth-order valence-corrected chi connectivity index (χ4v) is 5.87. The van der Waals surface area contributed by atoms with Crippen LogP contribution in [0.1, 0.15) is 11.3 Å². The summed E-state index contributed by atoms with van der Waals surface area (Å²) in [5.74, 6) is -2.71. The zero-order chi connectivity index (χ0) is 29.1. The maximum Gasteiger partial charge on any atom is 0.204 e. The van der Waals surface area contributed by atoms with Crippen molar-refractivity contribution in [3.8, 4) is 5.75 Å². The van der Waals surface area contributed by atoms with Crippen molar-refractivity contribution in [3.63, 3.8) is 0 Å². The predicted octanol–water partition coefficient (Wildman–Crippen LogP) is 6.75. The van der Waals surface area contributed by atoms with Crippen LogP contribution in [0.5, 0.6) is 5.75 Å². The zero-order valence-corrected chi connectivity index (χ0v) is 24.1. The molecule has 0 amide bonds. The van der Waals surface area contributed by atoms with Crippen molar-refractivity contribution in [2.24, 2.45) is 0 Å². The molecule has 8 nitrogen and oxygen atoms in total. The number of anilines is 3. The van der Waals surface area contributed by atoms with Gasteiger partial charge in [0, 0.05) is 41.1 Å². The standard InChI is InChI=1S/C26H23ClF4N6O2S2/c1-13-9-20(36-35-13)32-24-23(38-2)25(37-5-7-39-8-6-37)34-26(33-24)41-19-4-3-14(10-17(19)28)40-12-15-21(30)16(27)11-18(29)22(15)31/h3-4,9-11H,5-8,12H2,1-2H3,(H2,32,33,34,35,36). The first-order chi connectivity index (χ1) is 19.7. The lowest BCUT2D eigenvalue weighted by atomic mass is 10.2. The minimum atomic E-state index is -1.32. The molecule has 0 radical (unpaired) electrons. The number of thioether (sulfide) groups is 1. The highest BCUT2D eigenvalue weighted by atomic mass is 35.5. The van der Waals surface area contributed by atoms with Gasteiger partial charge in [0.1, 0.15) is 11.6 Å². The van der Waals surface area contributed by atoms with E-state index in [1.54, 1.807) is 12.1 Å². The van der Waals surface area contributed by atoms with Crippen LogP contribution in [0.3, 0.4) is 0 Å². The van der Waals surface area contributed by atoms with Crippen LogP contribution in [0.2, 0.25) is 5.02 Å². The van der Waals surface area contributed by atoms with Crippen LogP contribution < -0.4 is 15.0 Å². The lowest BCUT2D eigenvalue weighted by Gasteiger charge is -2.29. The first-order valence-corrected chi connectivity index (χ1v) is 14.4. The number of nitrogens with zero attached hydrogens (tertiary/aromatic N) is 4. The highest BCUT2D eigenvalue weighted by Gasteiger charge is 2.24. The number of halogens is 5. The fourth-order valence-electron chi connectivity index (χ4n) is 3.99. The minimum Gasteiger partial charge on any atom is -0.490 e. The van der Waals surface area contributed by atoms with Crippen LogP contribution in [0.15, 0.2) is 45.3 Å². The third-order valence-electron chi connectivity index (χ3n) is 5.98. The summed E-state index contributed by atoms with van der Waals surface area (Å²) in [6, 6.07) is 6.70. The minimum absolute atomic E-state index is 0.222. The molecule has 0 aliphatic carbocycles. The molecule has 0 spiro atoms. The number of methoxy groups -OCH3 is 1. The largest absolute Gasteiger partial charge is 0.490 e. The molecule has 2 aromatic carbocycles. The summed E-state index contributed by atoms with van der Waals surface area (Å²) < 4.78 is 68.4. The Kier molecular flexibility index (Phi) is 9.12. The molecule has 216 valence electrons. The monoisotopic (exact) mass is 626 g/mol. The number of morpholine rings is 1. The van der Waals surface area contributed by atoms with Gasteiger partial charge in [0.25, 0.3) is 0 Å². The van der Waals surface area contributed by atoms with Gasteiger partial charge in [0.2, 0.25) is 5.75 Å². The molecule has 1 saturated heterocycles. The van der Waals surface area contributed by atoms with Gasteiger partial charge in [0.05, 0.1) is 30.2 Å². The number of hydrogen-bond acceptors (Lipinski definition) is 9. The highest BCUT2D eigenvalue weighted by Crippen LogP contribution is 2.39. The van der Waals surface area contributed by atoms with E-state index in [4.69, 9.17) is 21.1 Å². The Morgan fingerprint density at radius 3 is 2.54 bits per heavy atom. The third-order valence-corrected chi connectivity index (χ3v) is 8.20. The van der Waals surface area contributed by atoms with Crippen LogP contribution in [0.4, 0.5) is 35.0 Å². The van der Waals surface area contributed by atoms with E-state index < -0.39 is 33.9 Å². The molecule has 3 heterocycles. The van der Waals surface area contributed by atoms with Crippen molar-refractivity contribution < 1.29 is 27.0 Å². The zero-order valence-electron chi connectivity index (χ0n) is 21.7. The number of rotatable bonds is 9. The Morgan fingerprint density at radius 1 is 1.07 bits per heavy atom. The molecule has 1 aliphatic rings. The fraction of sp³-hybridized carbons (Fsp3) is 0.269. The van der Waals surface area contributed by atoms with E-state index in [9.17, 15) is 13.2 Å². The Balaban J connectivity index is 1.41. The summed E-state index contributed by atoms with van der Waals surface area (Å²) in [4.78, 5) is 11.9. The van der Waals surface area contributed by atoms with Crippen LogP contribution >= 0.6 is 35.1 Å². The topological polar surface area (TPSA) is 88.2 Å². The molecule has 0 saturated carbocycles. The van der Waals surface area contributed by atoms with Crippen molar-refractivity contribution in [1.29, 1.82) is 0 Å². The van der Waals surface area contributed by atoms with E-state index in [1.807, 2.05) is 11.8 Å². The molecule has 2 aromatic heterocycles. The van der Waals surface area contributed by atoms with Gasteiger partial charge in [-0.15, -0.1) is 11.8 Å². The smallest absolute Gasteiger partial charge is 0.204 e. The number of ether oxygens (including phenoxy) is 2. The SMILES string of the molecule is COc1c(Nc2cc(C)[nH]n2)nc(Sc2ccc(SCc3c(F)c(F)cc(Cl)c3F)cc2F)nc1N1CCOCC1. The maximum absolute atomic E-state index is 15.2. The van der Waals surface area contributed by atoms with Gasteiger partial charge in [0.15, 0.2) is 34.2 Å². The van der Waals surface area contributed by atoms with Crippen molar-refractivity contribution >= 4 is 52.6 Å². The summed E-state index contributed by atoms with van der Waals surface area (Å²) in [6.45, 7) is 4.05. The molecule has 1 aliphatic heterocycles. The number of aromatic nitrogens is 4. The average Bonchev–Trinajstić information content (AvgIpc) is 3.37. The third kappa shape index (κ3) is 6.66. The second-order valence-corrected chi connectivity index (χ2v) is 11.3. The first kappa shape index (κ1) is 29.3. The molecule has 0 unspecified atom stereocenters. The number of aromatic amines is 1. The lowest BCUT2D eigenvalue weighted by molar-refractivity contribution is 0.122. The molecule has 1 fully saturated rings. The average molecular weight is 627 g/mol. The Morgan fingerprint density at radius 2 is 1.85 bits per heavy atom. The summed E-state index contributed by atoms with van der Waals surface area (Å²) in [5.41, 5.74) is 0.322. The molecular weight excluding hydrogens is 604 g/mol. The van der Waals surface area contributed by atoms with Gasteiger partial charge < -0.3 is 19.7 Å². The Labute approximate surface area is 246 Å². The van der Waals surface area contributed by atoms with Crippen LogP contribution in [-0.2, 0) is 10.5 Å². The predicted molar refractivity (Wildman–Crippen MR) is 150 cm³/mol. The van der Waals surface area contributed by atoms with E-state index in [-0.39, 0.29) is 15.8 Å². The van der Waals surface area contributed by atoms with Gasteiger partial charge >= 0.3 is 0 Å². The number of aryl methyl sites for hydroxylation is 1. The maximum atomic E-state index is 15.2. The normalized spacial score (nSPS) is 13.5. The van der Waals surface area contributed by atoms with Crippen LogP contribution in [-0.4, -0.2) is 53.6 Å². The van der Waals surface area contributed by atoms with Crippen molar-refractivity contribution in [2.45, 2.75) is 27.6 Å². The van der Waals surface area contributed by atoms with Gasteiger partial charge in [-0.3, -0.25) is 5.10 Å². The van der Waals surface area contributed by atoms with E-state index in [0.29, 0.717) is 60.5 Å². The first-order valence-electron chi connectivity index (χ1n) is 12.2. The number of H-pyrrole nitrogens is 1. The Bertz CT molecular complexity index is 1550. The van der Waals surface area contributed by atoms with E-state index >= 15 is 4.39 Å². The van der Waals surface area contributed by atoms with Crippen LogP contribution in [0, 0.1) is 30.2 Å². The van der Waals surface area contributed by atoms with Crippen molar-refractivity contribution in [3.05, 3.63) is 69.9 Å². The van der Waals surface area contributed by atoms with Gasteiger partial charge in [-0.25, -0.2) is 27.5 Å². The van der Waals surface area contributed by atoms with Gasteiger partial charge in [-0.1, -0.05) is 11.6 Å². The second kappa shape index (κ2) is 12.8. The molecule has 41 heavy (non-hydrogen) atoms. The molecule has 5 rings (SSSR count). The summed E-state index contributed by atoms with van der Waals surface area (Å²) >= 11 is 7.58. The van der Waals surface area contributed by atoms with E-state index in [0.717, 1.165) is 29.2 Å². The molecule has 4 aromatic rings. The van der Waals surface area contributed by atoms with Crippen LogP contribution in [0.25, 0.3) is 0 Å². The summed E-state index contributed by atoms with van der Waals surface area (Å²) in [7, 11) is 1.52. The number of hydrogen-bond donors (Lipinski definition) is 2. The Hall–Kier alpha value is -3.20. The second-order valence-electron chi connectivity index (χ2n) is 8.80. The molecule has 0 bridgehead atoms. The summed E-state index contributed by atoms with van der Waals surface area (Å²) in [6.07, 6.45) is 0. The van der Waals surface area contributed by atoms with E-state index in [2.05, 4.69) is 25.5 Å². The molecule has 0 atom stereocenters. The van der Waals surface area contributed by atoms with Gasteiger partial charge in [-0.2, -0.15) is 5.10 Å². The molecule has 15 heteroatoms. The van der Waals surface area contributed by atoms with Gasteiger partial charge in [-0.05, 0) is 43.0 Å². The van der Waals surface area contributed by atoms with Crippen molar-refractivity contribution in [2.75, 3.05) is 43.6 Å². The highest BCUT2D eigenvalue weighted by molar-refractivity contribution is 7.99. The van der Waals surface area contributed by atoms with E-state index in [1.165, 1.54) is 19.2 Å². The molecular formula is C26H23ClF4N6O2S2. The quantitative estimate of drug-likeness (QED) is 0.0906. The molecule has 2 N–H and O–H groups in total. The summed E-state index contributed by atoms with van der Waals surface area (Å²) in [5, 5.41) is 9.92. The van der Waals surface area contributed by atoms with Crippen molar-refractivity contribution in [1.82, 2.24) is 20.2 Å². The number of nitrogens with one attached hydrogen (secondary N) is 2.